The standard InChI is InChI=1S/C12H12ClN5/c1-12(2,17-18-15)9-3-4-10(13)8-6-16-11(14)5-7(8)9/h3-6H,1-2H3,(H2,14,16). The van der Waals surface area contributed by atoms with Gasteiger partial charge in [0.15, 0.2) is 0 Å². The molecular weight excluding hydrogens is 250 g/mol. The molecule has 0 aliphatic rings. The van der Waals surface area contributed by atoms with Crippen molar-refractivity contribution >= 4 is 28.2 Å². The Hall–Kier alpha value is -1.97. The highest BCUT2D eigenvalue weighted by Crippen LogP contribution is 2.35. The molecule has 18 heavy (non-hydrogen) atoms. The Morgan fingerprint density at radius 3 is 2.78 bits per heavy atom. The Bertz CT molecular complexity index is 659. The first-order valence-corrected chi connectivity index (χ1v) is 5.74. The third-order valence-corrected chi connectivity index (χ3v) is 3.15. The second-order valence-corrected chi connectivity index (χ2v) is 4.91. The quantitative estimate of drug-likeness (QED) is 0.503. The summed E-state index contributed by atoms with van der Waals surface area (Å²) < 4.78 is 0. The molecule has 0 fully saturated rings. The molecule has 6 heteroatoms. The van der Waals surface area contributed by atoms with Crippen LogP contribution in [0.1, 0.15) is 19.4 Å². The molecule has 0 saturated carbocycles. The van der Waals surface area contributed by atoms with Crippen molar-refractivity contribution in [2.75, 3.05) is 5.73 Å². The molecule has 0 bridgehead atoms. The molecule has 0 unspecified atom stereocenters. The summed E-state index contributed by atoms with van der Waals surface area (Å²) in [5.74, 6) is 0.405. The van der Waals surface area contributed by atoms with Crippen LogP contribution in [0.25, 0.3) is 21.2 Å². The number of nitrogens with two attached hydrogens (primary N) is 1. The lowest BCUT2D eigenvalue weighted by atomic mass is 9.91. The minimum absolute atomic E-state index is 0.405. The van der Waals surface area contributed by atoms with Gasteiger partial charge in [0.05, 0.1) is 5.54 Å². The van der Waals surface area contributed by atoms with Gasteiger partial charge < -0.3 is 5.73 Å². The molecule has 1 aromatic carbocycles. The van der Waals surface area contributed by atoms with E-state index in [4.69, 9.17) is 22.9 Å². The van der Waals surface area contributed by atoms with Crippen LogP contribution in [-0.2, 0) is 5.54 Å². The summed E-state index contributed by atoms with van der Waals surface area (Å²) in [7, 11) is 0. The molecule has 0 atom stereocenters. The smallest absolute Gasteiger partial charge is 0.123 e. The van der Waals surface area contributed by atoms with Crippen LogP contribution >= 0.6 is 11.6 Å². The summed E-state index contributed by atoms with van der Waals surface area (Å²) in [5.41, 5.74) is 14.5. The minimum Gasteiger partial charge on any atom is -0.384 e. The van der Waals surface area contributed by atoms with E-state index in [1.54, 1.807) is 18.3 Å². The van der Waals surface area contributed by atoms with Gasteiger partial charge in [-0.2, -0.15) is 0 Å². The maximum absolute atomic E-state index is 8.64. The number of hydrogen-bond donors (Lipinski definition) is 1. The molecule has 1 heterocycles. The van der Waals surface area contributed by atoms with Crippen LogP contribution < -0.4 is 5.73 Å². The van der Waals surface area contributed by atoms with Gasteiger partial charge in [-0.15, -0.1) is 0 Å². The Morgan fingerprint density at radius 1 is 1.39 bits per heavy atom. The van der Waals surface area contributed by atoms with Crippen molar-refractivity contribution in [3.05, 3.63) is 45.4 Å². The fraction of sp³-hybridized carbons (Fsp3) is 0.250. The lowest BCUT2D eigenvalue weighted by Gasteiger charge is -2.21. The number of aromatic nitrogens is 1. The summed E-state index contributed by atoms with van der Waals surface area (Å²) in [6, 6.07) is 5.36. The molecule has 0 amide bonds. The summed E-state index contributed by atoms with van der Waals surface area (Å²) in [6.45, 7) is 3.68. The zero-order valence-corrected chi connectivity index (χ0v) is 10.8. The van der Waals surface area contributed by atoms with E-state index in [0.29, 0.717) is 10.8 Å². The highest BCUT2D eigenvalue weighted by Gasteiger charge is 2.22. The molecule has 92 valence electrons. The maximum Gasteiger partial charge on any atom is 0.123 e. The molecule has 1 aromatic heterocycles. The van der Waals surface area contributed by atoms with Crippen LogP contribution in [0, 0.1) is 0 Å². The zero-order chi connectivity index (χ0) is 13.3. The van der Waals surface area contributed by atoms with Crippen molar-refractivity contribution in [3.8, 4) is 0 Å². The third kappa shape index (κ3) is 2.06. The van der Waals surface area contributed by atoms with Crippen molar-refractivity contribution in [1.29, 1.82) is 0 Å². The number of pyridine rings is 1. The molecule has 2 aromatic rings. The lowest BCUT2D eigenvalue weighted by molar-refractivity contribution is 0.555. The molecule has 0 aliphatic carbocycles. The van der Waals surface area contributed by atoms with Gasteiger partial charge in [0.25, 0.3) is 0 Å². The Labute approximate surface area is 109 Å². The summed E-state index contributed by atoms with van der Waals surface area (Å²) >= 11 is 6.12. The lowest BCUT2D eigenvalue weighted by Crippen LogP contribution is -2.13. The molecule has 5 nitrogen and oxygen atoms in total. The van der Waals surface area contributed by atoms with E-state index in [1.807, 2.05) is 19.9 Å². The molecule has 0 spiro atoms. The summed E-state index contributed by atoms with van der Waals surface area (Å²) in [5, 5.41) is 6.06. The number of anilines is 1. The van der Waals surface area contributed by atoms with Gasteiger partial charge in [-0.3, -0.25) is 0 Å². The van der Waals surface area contributed by atoms with E-state index < -0.39 is 5.54 Å². The molecular formula is C12H12ClN5. The minimum atomic E-state index is -0.675. The van der Waals surface area contributed by atoms with Crippen LogP contribution in [-0.4, -0.2) is 4.98 Å². The van der Waals surface area contributed by atoms with E-state index in [0.717, 1.165) is 16.3 Å². The van der Waals surface area contributed by atoms with Crippen LogP contribution in [0.3, 0.4) is 0 Å². The zero-order valence-electron chi connectivity index (χ0n) is 10.1. The summed E-state index contributed by atoms with van der Waals surface area (Å²) in [6.07, 6.45) is 1.63. The first-order valence-electron chi connectivity index (χ1n) is 5.36. The van der Waals surface area contributed by atoms with Crippen molar-refractivity contribution in [2.24, 2.45) is 5.11 Å². The van der Waals surface area contributed by atoms with Crippen LogP contribution in [0.2, 0.25) is 5.02 Å². The van der Waals surface area contributed by atoms with Gasteiger partial charge >= 0.3 is 0 Å². The van der Waals surface area contributed by atoms with Crippen molar-refractivity contribution in [2.45, 2.75) is 19.4 Å². The third-order valence-electron chi connectivity index (χ3n) is 2.82. The Kier molecular flexibility index (Phi) is 3.03. The maximum atomic E-state index is 8.64. The second-order valence-electron chi connectivity index (χ2n) is 4.50. The largest absolute Gasteiger partial charge is 0.384 e. The Morgan fingerprint density at radius 2 is 2.11 bits per heavy atom. The molecule has 2 rings (SSSR count). The second kappa shape index (κ2) is 4.37. The van der Waals surface area contributed by atoms with Gasteiger partial charge in [-0.25, -0.2) is 4.98 Å². The number of hydrogen-bond acceptors (Lipinski definition) is 3. The predicted molar refractivity (Wildman–Crippen MR) is 73.3 cm³/mol. The molecule has 0 radical (unpaired) electrons. The first-order chi connectivity index (χ1) is 8.45. The highest BCUT2D eigenvalue weighted by molar-refractivity contribution is 6.35. The SMILES string of the molecule is CC(C)(N=[N+]=[N-])c1ccc(Cl)c2cnc(N)cc12. The number of nitrogens with zero attached hydrogens (tertiary/aromatic N) is 4. The fourth-order valence-electron chi connectivity index (χ4n) is 1.92. The number of benzene rings is 1. The topological polar surface area (TPSA) is 87.7 Å². The number of nitrogen functional groups attached to an aromatic ring is 1. The first kappa shape index (κ1) is 12.5. The van der Waals surface area contributed by atoms with Crippen LogP contribution in [0.5, 0.6) is 0 Å². The average molecular weight is 262 g/mol. The Balaban J connectivity index is 2.84. The molecule has 2 N–H and O–H groups in total. The van der Waals surface area contributed by atoms with Crippen LogP contribution in [0.4, 0.5) is 5.82 Å². The molecule has 0 saturated heterocycles. The normalized spacial score (nSPS) is 11.3. The van der Waals surface area contributed by atoms with Gasteiger partial charge in [0.2, 0.25) is 0 Å². The fourth-order valence-corrected chi connectivity index (χ4v) is 2.13. The predicted octanol–water partition coefficient (Wildman–Crippen LogP) is 4.02. The number of halogens is 1. The van der Waals surface area contributed by atoms with Crippen molar-refractivity contribution in [1.82, 2.24) is 4.98 Å². The van der Waals surface area contributed by atoms with Gasteiger partial charge in [0, 0.05) is 21.5 Å². The average Bonchev–Trinajstić information content (AvgIpc) is 2.28. The number of fused-ring (bicyclic) bond motifs is 1. The van der Waals surface area contributed by atoms with Gasteiger partial charge in [-0.05, 0) is 28.6 Å². The number of azide groups is 1. The van der Waals surface area contributed by atoms with E-state index in [-0.39, 0.29) is 0 Å². The van der Waals surface area contributed by atoms with Crippen molar-refractivity contribution < 1.29 is 0 Å². The van der Waals surface area contributed by atoms with Crippen molar-refractivity contribution in [3.63, 3.8) is 0 Å². The summed E-state index contributed by atoms with van der Waals surface area (Å²) in [4.78, 5) is 6.91. The van der Waals surface area contributed by atoms with E-state index in [1.165, 1.54) is 0 Å². The van der Waals surface area contributed by atoms with E-state index in [9.17, 15) is 0 Å². The van der Waals surface area contributed by atoms with E-state index in [2.05, 4.69) is 15.0 Å². The van der Waals surface area contributed by atoms with Gasteiger partial charge in [-0.1, -0.05) is 36.6 Å². The number of rotatable bonds is 2. The molecule has 0 aliphatic heterocycles. The van der Waals surface area contributed by atoms with E-state index >= 15 is 0 Å². The van der Waals surface area contributed by atoms with Crippen LogP contribution in [0.15, 0.2) is 29.5 Å². The van der Waals surface area contributed by atoms with Gasteiger partial charge in [0.1, 0.15) is 5.82 Å². The monoisotopic (exact) mass is 261 g/mol. The highest BCUT2D eigenvalue weighted by atomic mass is 35.5.